The summed E-state index contributed by atoms with van der Waals surface area (Å²) in [7, 11) is 0. The summed E-state index contributed by atoms with van der Waals surface area (Å²) in [6.45, 7) is 3.64. The lowest BCUT2D eigenvalue weighted by Crippen LogP contribution is -2.37. The molecule has 0 atom stereocenters. The lowest BCUT2D eigenvalue weighted by atomic mass is 10.3. The zero-order valence-electron chi connectivity index (χ0n) is 11.0. The van der Waals surface area contributed by atoms with Crippen LogP contribution in [0.4, 0.5) is 10.5 Å². The second-order valence-electron chi connectivity index (χ2n) is 4.92. The molecule has 1 aliphatic rings. The van der Waals surface area contributed by atoms with E-state index >= 15 is 0 Å². The monoisotopic (exact) mass is 300 g/mol. The van der Waals surface area contributed by atoms with Crippen molar-refractivity contribution in [1.82, 2.24) is 4.90 Å². The van der Waals surface area contributed by atoms with E-state index in [2.05, 4.69) is 12.2 Å². The van der Waals surface area contributed by atoms with Crippen LogP contribution in [-0.4, -0.2) is 24.0 Å². The minimum absolute atomic E-state index is 0.122. The Morgan fingerprint density at radius 2 is 2.00 bits per heavy atom. The third-order valence-corrected chi connectivity index (χ3v) is 3.78. The maximum Gasteiger partial charge on any atom is 0.321 e. The molecule has 1 aromatic carbocycles. The fourth-order valence-electron chi connectivity index (χ4n) is 1.96. The highest BCUT2D eigenvalue weighted by Gasteiger charge is 2.26. The minimum atomic E-state index is -0.122. The molecule has 3 nitrogen and oxygen atoms in total. The Labute approximate surface area is 123 Å². The number of rotatable bonds is 5. The number of nitrogens with zero attached hydrogens (tertiary/aromatic N) is 1. The van der Waals surface area contributed by atoms with Gasteiger partial charge in [0.1, 0.15) is 0 Å². The number of amides is 2. The van der Waals surface area contributed by atoms with Crippen molar-refractivity contribution in [3.8, 4) is 0 Å². The molecule has 2 rings (SSSR count). The van der Waals surface area contributed by atoms with E-state index in [0.717, 1.165) is 19.5 Å². The number of benzene rings is 1. The third kappa shape index (κ3) is 4.02. The fraction of sp³-hybridized carbons (Fsp3) is 0.500. The molecular weight excluding hydrogens is 283 g/mol. The van der Waals surface area contributed by atoms with Crippen molar-refractivity contribution >= 4 is 34.9 Å². The molecule has 0 unspecified atom stereocenters. The van der Waals surface area contributed by atoms with E-state index in [-0.39, 0.29) is 6.03 Å². The molecule has 1 aliphatic carbocycles. The number of halogens is 2. The van der Waals surface area contributed by atoms with Crippen molar-refractivity contribution in [2.45, 2.75) is 26.2 Å². The predicted octanol–water partition coefficient (Wildman–Crippen LogP) is 4.65. The molecule has 1 aromatic rings. The molecule has 0 aliphatic heterocycles. The Bertz CT molecular complexity index is 441. The molecule has 2 amide bonds. The minimum Gasteiger partial charge on any atom is -0.324 e. The number of hydrogen-bond donors (Lipinski definition) is 1. The third-order valence-electron chi connectivity index (χ3n) is 3.15. The largest absolute Gasteiger partial charge is 0.324 e. The van der Waals surface area contributed by atoms with Gasteiger partial charge >= 0.3 is 6.03 Å². The van der Waals surface area contributed by atoms with Gasteiger partial charge in [-0.05, 0) is 37.3 Å². The average molecular weight is 301 g/mol. The SMILES string of the molecule is CCCN(CC1CC1)C(=O)Nc1c(Cl)cccc1Cl. The summed E-state index contributed by atoms with van der Waals surface area (Å²) in [5.74, 6) is 0.666. The quantitative estimate of drug-likeness (QED) is 0.843. The lowest BCUT2D eigenvalue weighted by molar-refractivity contribution is 0.209. The number of carbonyl (C=O) groups excluding carboxylic acids is 1. The Balaban J connectivity index is 2.04. The van der Waals surface area contributed by atoms with Crippen molar-refractivity contribution < 1.29 is 4.79 Å². The van der Waals surface area contributed by atoms with Gasteiger partial charge in [-0.15, -0.1) is 0 Å². The van der Waals surface area contributed by atoms with Crippen molar-refractivity contribution in [1.29, 1.82) is 0 Å². The van der Waals surface area contributed by atoms with Gasteiger partial charge in [0.05, 0.1) is 15.7 Å². The molecule has 1 N–H and O–H groups in total. The number of anilines is 1. The van der Waals surface area contributed by atoms with Gasteiger partial charge in [-0.2, -0.15) is 0 Å². The van der Waals surface area contributed by atoms with Crippen molar-refractivity contribution in [2.24, 2.45) is 5.92 Å². The van der Waals surface area contributed by atoms with E-state index in [1.807, 2.05) is 4.90 Å². The maximum atomic E-state index is 12.3. The zero-order chi connectivity index (χ0) is 13.8. The average Bonchev–Trinajstić information content (AvgIpc) is 3.17. The summed E-state index contributed by atoms with van der Waals surface area (Å²) in [5, 5.41) is 3.74. The molecule has 0 heterocycles. The standard InChI is InChI=1S/C14H18Cl2N2O/c1-2-8-18(9-10-6-7-10)14(19)17-13-11(15)4-3-5-12(13)16/h3-5,10H,2,6-9H2,1H3,(H,17,19). The summed E-state index contributed by atoms with van der Waals surface area (Å²) >= 11 is 12.1. The summed E-state index contributed by atoms with van der Waals surface area (Å²) in [5.41, 5.74) is 0.493. The van der Waals surface area contributed by atoms with Gasteiger partial charge in [0.2, 0.25) is 0 Å². The summed E-state index contributed by atoms with van der Waals surface area (Å²) in [4.78, 5) is 14.1. The van der Waals surface area contributed by atoms with Crippen LogP contribution in [-0.2, 0) is 0 Å². The molecule has 0 radical (unpaired) electrons. The van der Waals surface area contributed by atoms with Gasteiger partial charge in [-0.1, -0.05) is 36.2 Å². The van der Waals surface area contributed by atoms with Gasteiger partial charge in [0, 0.05) is 13.1 Å². The molecule has 104 valence electrons. The Hall–Kier alpha value is -0.930. The van der Waals surface area contributed by atoms with E-state index < -0.39 is 0 Å². The van der Waals surface area contributed by atoms with Gasteiger partial charge in [-0.25, -0.2) is 4.79 Å². The van der Waals surface area contributed by atoms with Gasteiger partial charge in [0.25, 0.3) is 0 Å². The maximum absolute atomic E-state index is 12.3. The first-order chi connectivity index (χ1) is 9.11. The Morgan fingerprint density at radius 3 is 2.53 bits per heavy atom. The summed E-state index contributed by atoms with van der Waals surface area (Å²) in [6.07, 6.45) is 3.39. The van der Waals surface area contributed by atoms with E-state index in [0.29, 0.717) is 21.7 Å². The molecule has 1 fully saturated rings. The van der Waals surface area contributed by atoms with E-state index in [9.17, 15) is 4.79 Å². The number of hydrogen-bond acceptors (Lipinski definition) is 1. The molecule has 5 heteroatoms. The smallest absolute Gasteiger partial charge is 0.321 e. The van der Waals surface area contributed by atoms with Gasteiger partial charge in [0.15, 0.2) is 0 Å². The van der Waals surface area contributed by atoms with Crippen LogP contribution < -0.4 is 5.32 Å². The number of urea groups is 1. The highest BCUT2D eigenvalue weighted by molar-refractivity contribution is 6.39. The first-order valence-corrected chi connectivity index (χ1v) is 7.37. The molecule has 0 aromatic heterocycles. The van der Waals surface area contributed by atoms with Crippen LogP contribution >= 0.6 is 23.2 Å². The second kappa shape index (κ2) is 6.49. The van der Waals surface area contributed by atoms with Crippen LogP contribution in [0.15, 0.2) is 18.2 Å². The van der Waals surface area contributed by atoms with Crippen molar-refractivity contribution in [3.05, 3.63) is 28.2 Å². The highest BCUT2D eigenvalue weighted by atomic mass is 35.5. The first kappa shape index (κ1) is 14.5. The lowest BCUT2D eigenvalue weighted by Gasteiger charge is -2.23. The van der Waals surface area contributed by atoms with Crippen molar-refractivity contribution in [2.75, 3.05) is 18.4 Å². The highest BCUT2D eigenvalue weighted by Crippen LogP contribution is 2.32. The predicted molar refractivity (Wildman–Crippen MR) is 80.1 cm³/mol. The normalized spacial score (nSPS) is 14.3. The van der Waals surface area contributed by atoms with E-state index in [4.69, 9.17) is 23.2 Å². The molecule has 1 saturated carbocycles. The molecule has 0 spiro atoms. The van der Waals surface area contributed by atoms with Gasteiger partial charge in [-0.3, -0.25) is 0 Å². The van der Waals surface area contributed by atoms with Crippen LogP contribution in [0.3, 0.4) is 0 Å². The van der Waals surface area contributed by atoms with Crippen LogP contribution in [0.5, 0.6) is 0 Å². The van der Waals surface area contributed by atoms with Crippen LogP contribution in [0, 0.1) is 5.92 Å². The summed E-state index contributed by atoms with van der Waals surface area (Å²) < 4.78 is 0. The second-order valence-corrected chi connectivity index (χ2v) is 5.73. The van der Waals surface area contributed by atoms with Gasteiger partial charge < -0.3 is 10.2 Å². The van der Waals surface area contributed by atoms with E-state index in [1.54, 1.807) is 18.2 Å². The van der Waals surface area contributed by atoms with Crippen LogP contribution in [0.25, 0.3) is 0 Å². The Kier molecular flexibility index (Phi) is 4.94. The first-order valence-electron chi connectivity index (χ1n) is 6.61. The number of carbonyl (C=O) groups is 1. The van der Waals surface area contributed by atoms with E-state index in [1.165, 1.54) is 12.8 Å². The fourth-order valence-corrected chi connectivity index (χ4v) is 2.45. The van der Waals surface area contributed by atoms with Crippen molar-refractivity contribution in [3.63, 3.8) is 0 Å². The molecule has 19 heavy (non-hydrogen) atoms. The number of nitrogens with one attached hydrogen (secondary N) is 1. The van der Waals surface area contributed by atoms with Crippen LogP contribution in [0.1, 0.15) is 26.2 Å². The Morgan fingerprint density at radius 1 is 1.37 bits per heavy atom. The topological polar surface area (TPSA) is 32.3 Å². The summed E-state index contributed by atoms with van der Waals surface area (Å²) in [6, 6.07) is 5.07. The molecule has 0 bridgehead atoms. The molecular formula is C14H18Cl2N2O. The zero-order valence-corrected chi connectivity index (χ0v) is 12.5. The number of para-hydroxylation sites is 1. The molecule has 0 saturated heterocycles. The van der Waals surface area contributed by atoms with Crippen LogP contribution in [0.2, 0.25) is 10.0 Å².